The molecule has 1 N–H and O–H groups in total. The largest absolute Gasteiger partial charge is 0.309 e. The summed E-state index contributed by atoms with van der Waals surface area (Å²) in [6, 6.07) is 4.32. The molecule has 0 saturated carbocycles. The van der Waals surface area contributed by atoms with Gasteiger partial charge in [0, 0.05) is 18.7 Å². The highest BCUT2D eigenvalue weighted by Crippen LogP contribution is 2.26. The summed E-state index contributed by atoms with van der Waals surface area (Å²) in [5.74, 6) is 0.237. The van der Waals surface area contributed by atoms with E-state index in [0.29, 0.717) is 17.0 Å². The maximum absolute atomic E-state index is 11.3. The van der Waals surface area contributed by atoms with Gasteiger partial charge in [-0.1, -0.05) is 17.7 Å². The second-order valence-electron chi connectivity index (χ2n) is 4.48. The molecule has 1 aliphatic rings. The van der Waals surface area contributed by atoms with Gasteiger partial charge in [-0.15, -0.1) is 0 Å². The Morgan fingerprint density at radius 1 is 1.47 bits per heavy atom. The fourth-order valence-corrected chi connectivity index (χ4v) is 4.04. The number of nitro groups is 1. The minimum atomic E-state index is -2.97. The number of hydrogen-bond acceptors (Lipinski definition) is 5. The smallest absolute Gasteiger partial charge is 0.275 e. The molecule has 0 aromatic heterocycles. The van der Waals surface area contributed by atoms with E-state index < -0.39 is 14.8 Å². The highest BCUT2D eigenvalue weighted by Gasteiger charge is 2.28. The second-order valence-corrected chi connectivity index (χ2v) is 7.11. The number of hydrogen-bond donors (Lipinski definition) is 1. The lowest BCUT2D eigenvalue weighted by Crippen LogP contribution is -2.29. The van der Waals surface area contributed by atoms with Gasteiger partial charge in [-0.25, -0.2) is 8.42 Å². The number of nitrogens with zero attached hydrogens (tertiary/aromatic N) is 1. The van der Waals surface area contributed by atoms with Gasteiger partial charge in [-0.2, -0.15) is 0 Å². The predicted octanol–water partition coefficient (Wildman–Crippen LogP) is 1.52. The molecular formula is C11H13ClN2O4S. The first-order valence-electron chi connectivity index (χ1n) is 5.74. The van der Waals surface area contributed by atoms with E-state index in [4.69, 9.17) is 11.6 Å². The zero-order valence-electron chi connectivity index (χ0n) is 10.0. The summed E-state index contributed by atoms with van der Waals surface area (Å²) in [4.78, 5) is 10.4. The molecule has 0 aliphatic carbocycles. The van der Waals surface area contributed by atoms with E-state index >= 15 is 0 Å². The normalized spacial score (nSPS) is 21.4. The number of rotatable bonds is 4. The third kappa shape index (κ3) is 3.43. The van der Waals surface area contributed by atoms with Crippen LogP contribution in [0.25, 0.3) is 0 Å². The Kier molecular flexibility index (Phi) is 4.07. The fraction of sp³-hybridized carbons (Fsp3) is 0.455. The Morgan fingerprint density at radius 3 is 2.79 bits per heavy atom. The fourth-order valence-electron chi connectivity index (χ4n) is 2.10. The summed E-state index contributed by atoms with van der Waals surface area (Å²) >= 11 is 5.95. The highest BCUT2D eigenvalue weighted by atomic mass is 35.5. The highest BCUT2D eigenvalue weighted by molar-refractivity contribution is 7.91. The van der Waals surface area contributed by atoms with Crippen molar-refractivity contribution in [3.05, 3.63) is 38.9 Å². The van der Waals surface area contributed by atoms with Crippen LogP contribution < -0.4 is 5.32 Å². The minimum Gasteiger partial charge on any atom is -0.309 e. The monoisotopic (exact) mass is 304 g/mol. The topological polar surface area (TPSA) is 89.3 Å². The maximum Gasteiger partial charge on any atom is 0.275 e. The van der Waals surface area contributed by atoms with Gasteiger partial charge in [-0.05, 0) is 12.5 Å². The van der Waals surface area contributed by atoms with E-state index in [1.165, 1.54) is 12.1 Å². The van der Waals surface area contributed by atoms with Crippen LogP contribution in [0.15, 0.2) is 18.2 Å². The summed E-state index contributed by atoms with van der Waals surface area (Å²) in [5, 5.41) is 14.2. The van der Waals surface area contributed by atoms with E-state index in [1.807, 2.05) is 0 Å². The van der Waals surface area contributed by atoms with Crippen molar-refractivity contribution < 1.29 is 13.3 Å². The second kappa shape index (κ2) is 5.44. The molecule has 19 heavy (non-hydrogen) atoms. The SMILES string of the molecule is O=[N+]([O-])c1cccc(Cl)c1CNC1CCS(=O)(=O)C1. The van der Waals surface area contributed by atoms with E-state index in [-0.39, 0.29) is 29.8 Å². The molecule has 1 saturated heterocycles. The summed E-state index contributed by atoms with van der Waals surface area (Å²) in [6.45, 7) is 0.191. The van der Waals surface area contributed by atoms with Gasteiger partial charge in [0.05, 0.1) is 27.0 Å². The Hall–Kier alpha value is -1.18. The first kappa shape index (κ1) is 14.2. The molecule has 1 aliphatic heterocycles. The zero-order valence-corrected chi connectivity index (χ0v) is 11.6. The van der Waals surface area contributed by atoms with Crippen molar-refractivity contribution in [2.75, 3.05) is 11.5 Å². The lowest BCUT2D eigenvalue weighted by atomic mass is 10.1. The van der Waals surface area contributed by atoms with E-state index in [9.17, 15) is 18.5 Å². The number of sulfone groups is 1. The predicted molar refractivity (Wildman–Crippen MR) is 72.0 cm³/mol. The van der Waals surface area contributed by atoms with Crippen LogP contribution in [0, 0.1) is 10.1 Å². The minimum absolute atomic E-state index is 0.0548. The summed E-state index contributed by atoms with van der Waals surface area (Å²) in [6.07, 6.45) is 0.528. The molecule has 6 nitrogen and oxygen atoms in total. The standard InChI is InChI=1S/C11H13ClN2O4S/c12-10-2-1-3-11(14(15)16)9(10)6-13-8-4-5-19(17,18)7-8/h1-3,8,13H,4-7H2. The van der Waals surface area contributed by atoms with E-state index in [1.54, 1.807) is 6.07 Å². The lowest BCUT2D eigenvalue weighted by molar-refractivity contribution is -0.385. The molecule has 0 amide bonds. The molecule has 0 spiro atoms. The summed E-state index contributed by atoms with van der Waals surface area (Å²) in [7, 11) is -2.97. The molecule has 1 aromatic carbocycles. The zero-order chi connectivity index (χ0) is 14.0. The summed E-state index contributed by atoms with van der Waals surface area (Å²) < 4.78 is 22.6. The van der Waals surface area contributed by atoms with Gasteiger partial charge < -0.3 is 5.32 Å². The molecule has 0 radical (unpaired) electrons. The quantitative estimate of drug-likeness (QED) is 0.673. The van der Waals surface area contributed by atoms with Gasteiger partial charge in [-0.3, -0.25) is 10.1 Å². The molecule has 8 heteroatoms. The number of halogens is 1. The Labute approximate surface area is 115 Å². The van der Waals surface area contributed by atoms with Crippen molar-refractivity contribution in [1.82, 2.24) is 5.32 Å². The molecule has 104 valence electrons. The molecule has 1 unspecified atom stereocenters. The van der Waals surface area contributed by atoms with E-state index in [0.717, 1.165) is 0 Å². The van der Waals surface area contributed by atoms with Crippen molar-refractivity contribution in [2.24, 2.45) is 0 Å². The molecule has 1 fully saturated rings. The van der Waals surface area contributed by atoms with Crippen molar-refractivity contribution >= 4 is 27.1 Å². The van der Waals surface area contributed by atoms with Gasteiger partial charge in [0.15, 0.2) is 9.84 Å². The van der Waals surface area contributed by atoms with Gasteiger partial charge in [0.1, 0.15) is 0 Å². The van der Waals surface area contributed by atoms with Crippen LogP contribution in [0.2, 0.25) is 5.02 Å². The number of benzene rings is 1. The number of nitro benzene ring substituents is 1. The average Bonchev–Trinajstić information content (AvgIpc) is 2.67. The van der Waals surface area contributed by atoms with Crippen LogP contribution in [0.5, 0.6) is 0 Å². The van der Waals surface area contributed by atoms with Crippen molar-refractivity contribution in [3.8, 4) is 0 Å². The first-order valence-corrected chi connectivity index (χ1v) is 7.94. The molecule has 1 atom stereocenters. The van der Waals surface area contributed by atoms with Gasteiger partial charge >= 0.3 is 0 Å². The van der Waals surface area contributed by atoms with Crippen LogP contribution in [0.3, 0.4) is 0 Å². The van der Waals surface area contributed by atoms with Gasteiger partial charge in [0.25, 0.3) is 5.69 Å². The molecule has 1 aromatic rings. The summed E-state index contributed by atoms with van der Waals surface area (Å²) in [5.41, 5.74) is 0.333. The molecule has 2 rings (SSSR count). The maximum atomic E-state index is 11.3. The van der Waals surface area contributed by atoms with Crippen molar-refractivity contribution in [1.29, 1.82) is 0 Å². The third-order valence-corrected chi connectivity index (χ3v) is 5.21. The van der Waals surface area contributed by atoms with Crippen molar-refractivity contribution in [3.63, 3.8) is 0 Å². The molecule has 1 heterocycles. The third-order valence-electron chi connectivity index (χ3n) is 3.09. The first-order chi connectivity index (χ1) is 8.89. The Bertz CT molecular complexity index is 603. The van der Waals surface area contributed by atoms with Crippen LogP contribution in [-0.2, 0) is 16.4 Å². The Balaban J connectivity index is 2.10. The Morgan fingerprint density at radius 2 is 2.21 bits per heavy atom. The van der Waals surface area contributed by atoms with E-state index in [2.05, 4.69) is 5.32 Å². The van der Waals surface area contributed by atoms with Gasteiger partial charge in [0.2, 0.25) is 0 Å². The molecular weight excluding hydrogens is 292 g/mol. The lowest BCUT2D eigenvalue weighted by Gasteiger charge is -2.11. The van der Waals surface area contributed by atoms with Crippen LogP contribution in [0.4, 0.5) is 5.69 Å². The van der Waals surface area contributed by atoms with Crippen molar-refractivity contribution in [2.45, 2.75) is 19.0 Å². The number of nitrogens with one attached hydrogen (secondary N) is 1. The van der Waals surface area contributed by atoms with Crippen LogP contribution in [-0.4, -0.2) is 30.9 Å². The van der Waals surface area contributed by atoms with Crippen LogP contribution >= 0.6 is 11.6 Å². The average molecular weight is 305 g/mol. The van der Waals surface area contributed by atoms with Crippen LogP contribution in [0.1, 0.15) is 12.0 Å². The molecule has 0 bridgehead atoms.